The van der Waals surface area contributed by atoms with Crippen LogP contribution in [0, 0.1) is 10.1 Å². The molecule has 0 aliphatic carbocycles. The number of hydrogen-bond donors (Lipinski definition) is 5. The van der Waals surface area contributed by atoms with Crippen LogP contribution in [0.25, 0.3) is 0 Å². The van der Waals surface area contributed by atoms with E-state index in [9.17, 15) is 9.36 Å². The first-order valence-electron chi connectivity index (χ1n) is 2.28. The Kier molecular flexibility index (Phi) is 13.0. The average Bonchev–Trinajstić information content (AvgIpc) is 1.80. The van der Waals surface area contributed by atoms with E-state index in [0.717, 1.165) is 0 Å². The van der Waals surface area contributed by atoms with Crippen LogP contribution in [0.3, 0.4) is 0 Å². The van der Waals surface area contributed by atoms with E-state index in [0.29, 0.717) is 0 Å². The van der Waals surface area contributed by atoms with Gasteiger partial charge in [-0.25, -0.2) is 14.8 Å². The number of amides is 2. The molecule has 82 valence electrons. The number of hydrogen-bond acceptors (Lipinski definition) is 5. The summed E-state index contributed by atoms with van der Waals surface area (Å²) >= 11 is 0. The number of carbonyl (C=O) groups excluding carboxylic acids is 1. The van der Waals surface area contributed by atoms with Crippen molar-refractivity contribution in [2.45, 2.75) is 0 Å². The molecule has 0 rings (SSSR count). The number of nitrogens with two attached hydrogens (primary N) is 1. The molecule has 0 bridgehead atoms. The molecule has 0 aromatic rings. The smallest absolute Gasteiger partial charge is 1.00 e. The van der Waals surface area contributed by atoms with Crippen molar-refractivity contribution in [2.24, 2.45) is 5.73 Å². The molecule has 0 unspecified atom stereocenters. The summed E-state index contributed by atoms with van der Waals surface area (Å²) in [4.78, 5) is 33.8. The SMILES string of the molecule is NC(=O)NOP(=O)(O)O.O=[N+]([O-])O.[Ca+2].[H-].[H-]. The maximum atomic E-state index is 9.74. The number of nitrogens with zero attached hydrogens (tertiary/aromatic N) is 1. The van der Waals surface area contributed by atoms with E-state index in [1.807, 2.05) is 0 Å². The van der Waals surface area contributed by atoms with Crippen molar-refractivity contribution >= 4 is 51.6 Å². The number of phosphoric acid groups is 1. The second-order valence-corrected chi connectivity index (χ2v) is 2.45. The van der Waals surface area contributed by atoms with Crippen LogP contribution in [0.1, 0.15) is 2.85 Å². The normalized spacial score (nSPS) is 8.71. The third-order valence-corrected chi connectivity index (χ3v) is 0.594. The number of primary amides is 1. The van der Waals surface area contributed by atoms with Gasteiger partial charge in [0.2, 0.25) is 0 Å². The molecule has 0 fully saturated rings. The summed E-state index contributed by atoms with van der Waals surface area (Å²) in [7, 11) is -4.63. The molecule has 0 saturated carbocycles. The van der Waals surface area contributed by atoms with Crippen molar-refractivity contribution in [3.8, 4) is 0 Å². The van der Waals surface area contributed by atoms with Crippen LogP contribution in [-0.4, -0.2) is 63.9 Å². The largest absolute Gasteiger partial charge is 2.00 e. The van der Waals surface area contributed by atoms with Gasteiger partial charge >= 0.3 is 51.6 Å². The van der Waals surface area contributed by atoms with Gasteiger partial charge in [0.15, 0.2) is 0 Å². The Balaban J connectivity index is -0.0000000511. The van der Waals surface area contributed by atoms with E-state index in [2.05, 4.69) is 10.4 Å². The molecule has 0 spiro atoms. The van der Waals surface area contributed by atoms with Gasteiger partial charge in [-0.1, -0.05) is 0 Å². The van der Waals surface area contributed by atoms with Crippen LogP contribution in [0.2, 0.25) is 0 Å². The van der Waals surface area contributed by atoms with Crippen molar-refractivity contribution in [3.63, 3.8) is 0 Å². The Morgan fingerprint density at radius 3 is 2.00 bits per heavy atom. The second kappa shape index (κ2) is 9.40. The fourth-order valence-electron chi connectivity index (χ4n) is 0.104. The molecule has 0 aromatic carbocycles. The third-order valence-electron chi connectivity index (χ3n) is 0.265. The molecule has 0 radical (unpaired) electrons. The first-order valence-corrected chi connectivity index (χ1v) is 3.81. The quantitative estimate of drug-likeness (QED) is 0.166. The molecule has 0 aromatic heterocycles. The van der Waals surface area contributed by atoms with E-state index in [-0.39, 0.29) is 40.6 Å². The van der Waals surface area contributed by atoms with E-state index in [4.69, 9.17) is 25.1 Å². The van der Waals surface area contributed by atoms with E-state index >= 15 is 0 Å². The van der Waals surface area contributed by atoms with Crippen LogP contribution in [0.5, 0.6) is 0 Å². The van der Waals surface area contributed by atoms with Crippen molar-refractivity contribution in [1.82, 2.24) is 5.48 Å². The Bertz CT molecular complexity index is 229. The first kappa shape index (κ1) is 19.4. The standard InChI is InChI=1S/CH5N2O5P.Ca.HNO3.2H/c2-1(4)3-8-9(5,6)7;;2-1(3)4;;/h(H3,2,3,4)(H2,5,6,7);;(H,2,3,4);;/q;+2;;2*-1. The van der Waals surface area contributed by atoms with Gasteiger partial charge in [-0.2, -0.15) is 4.62 Å². The zero-order valence-corrected chi connectivity index (χ0v) is 9.66. The van der Waals surface area contributed by atoms with Crippen LogP contribution < -0.4 is 11.2 Å². The summed E-state index contributed by atoms with van der Waals surface area (Å²) < 4.78 is 13.2. The predicted octanol–water partition coefficient (Wildman–Crippen LogP) is -1.82. The minimum Gasteiger partial charge on any atom is -1.00 e. The zero-order chi connectivity index (χ0) is 11.1. The second-order valence-electron chi connectivity index (χ2n) is 1.29. The maximum absolute atomic E-state index is 9.74. The van der Waals surface area contributed by atoms with E-state index in [1.54, 1.807) is 0 Å². The monoisotopic (exact) mass is 261 g/mol. The molecular weight excluding hydrogens is 253 g/mol. The molecule has 0 aliphatic rings. The average molecular weight is 261 g/mol. The summed E-state index contributed by atoms with van der Waals surface area (Å²) in [5.74, 6) is 0. The van der Waals surface area contributed by atoms with Gasteiger partial charge in [-0.15, -0.1) is 10.1 Å². The van der Waals surface area contributed by atoms with Gasteiger partial charge in [0.1, 0.15) is 0 Å². The van der Waals surface area contributed by atoms with Gasteiger partial charge < -0.3 is 23.6 Å². The Hall–Kier alpha value is -0.160. The molecule has 0 saturated heterocycles. The van der Waals surface area contributed by atoms with Crippen molar-refractivity contribution in [1.29, 1.82) is 0 Å². The minimum absolute atomic E-state index is 0. The Morgan fingerprint density at radius 1 is 1.64 bits per heavy atom. The summed E-state index contributed by atoms with van der Waals surface area (Å²) in [6.07, 6.45) is 0. The minimum atomic E-state index is -4.63. The molecule has 0 aliphatic heterocycles. The predicted molar refractivity (Wildman–Crippen MR) is 42.6 cm³/mol. The number of hydroxylamine groups is 1. The van der Waals surface area contributed by atoms with Crippen molar-refractivity contribution < 1.29 is 36.9 Å². The van der Waals surface area contributed by atoms with Crippen LogP contribution >= 0.6 is 7.82 Å². The molecule has 0 heterocycles. The fourth-order valence-corrected chi connectivity index (χ4v) is 0.313. The molecule has 0 atom stereocenters. The van der Waals surface area contributed by atoms with Gasteiger partial charge in [-0.05, 0) is 0 Å². The molecule has 11 nitrogen and oxygen atoms in total. The molecule has 14 heavy (non-hydrogen) atoms. The Morgan fingerprint density at radius 2 is 1.93 bits per heavy atom. The topological polar surface area (TPSA) is 185 Å². The number of nitrogens with one attached hydrogen (secondary N) is 1. The van der Waals surface area contributed by atoms with E-state index in [1.165, 1.54) is 5.48 Å². The summed E-state index contributed by atoms with van der Waals surface area (Å²) in [6, 6.07) is -1.17. The summed E-state index contributed by atoms with van der Waals surface area (Å²) in [5.41, 5.74) is 5.64. The molecule has 6 N–H and O–H groups in total. The molecular formula is CH8CaN3O8P. The van der Waals surface area contributed by atoms with Crippen LogP contribution in [-0.2, 0) is 9.19 Å². The van der Waals surface area contributed by atoms with Crippen molar-refractivity contribution in [2.75, 3.05) is 0 Å². The Labute approximate surface area is 109 Å². The zero-order valence-electron chi connectivity index (χ0n) is 8.56. The number of carbonyl (C=O) groups is 1. The number of urea groups is 1. The van der Waals surface area contributed by atoms with Gasteiger partial charge in [0.05, 0.1) is 0 Å². The number of rotatable bonds is 2. The summed E-state index contributed by atoms with van der Waals surface area (Å²) in [6.45, 7) is 0. The molecule has 2 amide bonds. The van der Waals surface area contributed by atoms with E-state index < -0.39 is 18.9 Å². The van der Waals surface area contributed by atoms with Gasteiger partial charge in [0, 0.05) is 0 Å². The van der Waals surface area contributed by atoms with Crippen LogP contribution in [0.4, 0.5) is 4.79 Å². The van der Waals surface area contributed by atoms with Crippen molar-refractivity contribution in [3.05, 3.63) is 10.1 Å². The van der Waals surface area contributed by atoms with Crippen LogP contribution in [0.15, 0.2) is 0 Å². The molecule has 13 heteroatoms. The third kappa shape index (κ3) is 40.8. The summed E-state index contributed by atoms with van der Waals surface area (Å²) in [5, 5.41) is 13.6. The maximum Gasteiger partial charge on any atom is 2.00 e. The first-order chi connectivity index (χ1) is 5.65. The van der Waals surface area contributed by atoms with Gasteiger partial charge in [0.25, 0.3) is 5.09 Å². The van der Waals surface area contributed by atoms with Gasteiger partial charge in [-0.3, -0.25) is 0 Å². The fraction of sp³-hybridized carbons (Fsp3) is 0.